The van der Waals surface area contributed by atoms with Crippen molar-refractivity contribution in [2.24, 2.45) is 0 Å². The first-order valence-corrected chi connectivity index (χ1v) is 7.05. The number of nitro groups is 1. The number of hydrogen-bond acceptors (Lipinski definition) is 7. The molecule has 0 radical (unpaired) electrons. The van der Waals surface area contributed by atoms with Gasteiger partial charge in [-0.25, -0.2) is 9.59 Å². The summed E-state index contributed by atoms with van der Waals surface area (Å²) in [4.78, 5) is 36.0. The molecule has 25 heavy (non-hydrogen) atoms. The van der Waals surface area contributed by atoms with Crippen molar-refractivity contribution >= 4 is 17.6 Å². The molecule has 0 amide bonds. The van der Waals surface area contributed by atoms with E-state index in [1.54, 1.807) is 0 Å². The van der Waals surface area contributed by atoms with Gasteiger partial charge in [0.15, 0.2) is 0 Å². The van der Waals surface area contributed by atoms with Crippen molar-refractivity contribution in [3.05, 3.63) is 62.5 Å². The van der Waals surface area contributed by atoms with Gasteiger partial charge in [-0.3, -0.25) is 10.1 Å². The molecule has 1 N–H and O–H groups in total. The van der Waals surface area contributed by atoms with Crippen molar-refractivity contribution in [2.75, 3.05) is 14.2 Å². The monoisotopic (exact) mass is 350 g/mol. The Labute approximate surface area is 149 Å². The van der Waals surface area contributed by atoms with E-state index < -0.39 is 52.1 Å². The largest absolute Gasteiger partial charge is 0.466 e. The highest BCUT2D eigenvalue weighted by atomic mass is 16.6. The van der Waals surface area contributed by atoms with Crippen LogP contribution in [0.1, 0.15) is 30.7 Å². The lowest BCUT2D eigenvalue weighted by atomic mass is 9.79. The third-order valence-corrected chi connectivity index (χ3v) is 3.59. The number of dihydropyridines is 1. The van der Waals surface area contributed by atoms with Crippen LogP contribution in [0, 0.1) is 10.1 Å². The summed E-state index contributed by atoms with van der Waals surface area (Å²) >= 11 is 0. The van der Waals surface area contributed by atoms with Gasteiger partial charge in [0.05, 0.1) is 36.2 Å². The molecule has 0 saturated carbocycles. The van der Waals surface area contributed by atoms with Gasteiger partial charge in [0.25, 0.3) is 5.69 Å². The minimum Gasteiger partial charge on any atom is -0.466 e. The summed E-state index contributed by atoms with van der Waals surface area (Å²) in [7, 11) is 2.00. The van der Waals surface area contributed by atoms with Crippen molar-refractivity contribution in [2.45, 2.75) is 19.7 Å². The van der Waals surface area contributed by atoms with E-state index in [9.17, 15) is 19.7 Å². The van der Waals surface area contributed by atoms with Crippen molar-refractivity contribution in [1.29, 1.82) is 0 Å². The van der Waals surface area contributed by atoms with Crippen molar-refractivity contribution in [3.8, 4) is 0 Å². The first-order chi connectivity index (χ1) is 13.4. The van der Waals surface area contributed by atoms with Crippen LogP contribution in [0.15, 0.2) is 46.8 Å². The van der Waals surface area contributed by atoms with E-state index in [-0.39, 0.29) is 11.3 Å². The first kappa shape index (κ1) is 13.2. The molecule has 1 atom stereocenters. The van der Waals surface area contributed by atoms with Gasteiger partial charge in [0.2, 0.25) is 0 Å². The summed E-state index contributed by atoms with van der Waals surface area (Å²) in [5.74, 6) is -4.87. The molecule has 8 heteroatoms. The molecule has 0 saturated heterocycles. The lowest BCUT2D eigenvalue weighted by Gasteiger charge is -2.29. The third-order valence-electron chi connectivity index (χ3n) is 3.59. The maximum Gasteiger partial charge on any atom is 0.336 e. The van der Waals surface area contributed by atoms with Gasteiger partial charge in [-0.15, -0.1) is 0 Å². The molecule has 1 aliphatic heterocycles. The number of para-hydroxylation sites is 1. The number of esters is 2. The summed E-state index contributed by atoms with van der Waals surface area (Å²) in [6.07, 6.45) is 0. The van der Waals surface area contributed by atoms with Crippen molar-refractivity contribution in [3.63, 3.8) is 0 Å². The predicted octanol–water partition coefficient (Wildman–Crippen LogP) is 2.18. The standard InChI is InChI=1S/C17H18N2O6/c1-9-13(16(20)24-3)15(14(10(2)18-9)17(21)25-4)11-7-5-6-8-12(11)19(22)23/h5-8,15,18H,1-4H3/i1D3,15D. The van der Waals surface area contributed by atoms with Crippen LogP contribution < -0.4 is 5.32 Å². The molecule has 1 heterocycles. The number of carbonyl (C=O) groups excluding carboxylic acids is 2. The molecule has 0 spiro atoms. The van der Waals surface area contributed by atoms with Crippen LogP contribution in [-0.4, -0.2) is 31.1 Å². The maximum atomic E-state index is 12.6. The number of ether oxygens (including phenoxy) is 2. The minimum atomic E-state index is -2.91. The fraction of sp³-hybridized carbons (Fsp3) is 0.294. The Hall–Kier alpha value is -3.16. The minimum absolute atomic E-state index is 0.0937. The lowest BCUT2D eigenvalue weighted by molar-refractivity contribution is -0.385. The zero-order valence-corrected chi connectivity index (χ0v) is 13.7. The second-order valence-corrected chi connectivity index (χ2v) is 5.01. The lowest BCUT2D eigenvalue weighted by Crippen LogP contribution is -2.32. The van der Waals surface area contributed by atoms with E-state index in [1.807, 2.05) is 0 Å². The van der Waals surface area contributed by atoms with Crippen LogP contribution in [-0.2, 0) is 19.1 Å². The molecule has 132 valence electrons. The quantitative estimate of drug-likeness (QED) is 0.504. The predicted molar refractivity (Wildman–Crippen MR) is 88.4 cm³/mol. The summed E-state index contributed by atoms with van der Waals surface area (Å²) in [6.45, 7) is -1.60. The fourth-order valence-electron chi connectivity index (χ4n) is 2.53. The van der Waals surface area contributed by atoms with Gasteiger partial charge in [0.1, 0.15) is 0 Å². The van der Waals surface area contributed by atoms with Crippen molar-refractivity contribution < 1.29 is 29.5 Å². The van der Waals surface area contributed by atoms with Gasteiger partial charge in [0, 0.05) is 28.5 Å². The molecule has 1 aromatic carbocycles. The topological polar surface area (TPSA) is 108 Å². The summed E-state index contributed by atoms with van der Waals surface area (Å²) in [5, 5.41) is 14.1. The van der Waals surface area contributed by atoms with Gasteiger partial charge < -0.3 is 14.8 Å². The Morgan fingerprint density at radius 2 is 1.76 bits per heavy atom. The van der Waals surface area contributed by atoms with E-state index >= 15 is 0 Å². The number of carbonyl (C=O) groups is 2. The molecular formula is C17H18N2O6. The number of methoxy groups -OCH3 is 2. The molecule has 0 fully saturated rings. The van der Waals surface area contributed by atoms with E-state index in [0.717, 1.165) is 20.3 Å². The maximum absolute atomic E-state index is 12.6. The van der Waals surface area contributed by atoms with Gasteiger partial charge in [-0.1, -0.05) is 18.2 Å². The Morgan fingerprint density at radius 1 is 1.20 bits per heavy atom. The van der Waals surface area contributed by atoms with E-state index in [4.69, 9.17) is 10.2 Å². The van der Waals surface area contributed by atoms with Crippen molar-refractivity contribution in [1.82, 2.24) is 5.32 Å². The SMILES string of the molecule is [2H]C([2H])([2H])C1=C(C(=O)OC)C([2H])(c2ccccc2[N+](=O)[O-])C(C(=O)OC)=C(C)N1. The molecule has 1 aliphatic rings. The molecular weight excluding hydrogens is 328 g/mol. The Balaban J connectivity index is 3.08. The highest BCUT2D eigenvalue weighted by Gasteiger charge is 2.40. The summed E-state index contributed by atoms with van der Waals surface area (Å²) in [5.41, 5.74) is -2.95. The Bertz CT molecular complexity index is 953. The normalized spacial score (nSPS) is 22.8. The zero-order chi connectivity index (χ0) is 22.1. The van der Waals surface area contributed by atoms with Crippen LogP contribution >= 0.6 is 0 Å². The van der Waals surface area contributed by atoms with E-state index in [2.05, 4.69) is 10.1 Å². The van der Waals surface area contributed by atoms with Gasteiger partial charge in [-0.2, -0.15) is 0 Å². The molecule has 2 rings (SSSR count). The first-order valence-electron chi connectivity index (χ1n) is 9.05. The second-order valence-electron chi connectivity index (χ2n) is 5.01. The molecule has 0 bridgehead atoms. The number of benzene rings is 1. The average Bonchev–Trinajstić information content (AvgIpc) is 2.65. The zero-order valence-electron chi connectivity index (χ0n) is 17.7. The Morgan fingerprint density at radius 3 is 2.28 bits per heavy atom. The Kier molecular flexibility index (Phi) is 3.77. The summed E-state index contributed by atoms with van der Waals surface area (Å²) in [6, 6.07) is 4.97. The number of nitrogens with zero attached hydrogens (tertiary/aromatic N) is 1. The van der Waals surface area contributed by atoms with Crippen LogP contribution in [0.5, 0.6) is 0 Å². The molecule has 0 aliphatic carbocycles. The summed E-state index contributed by atoms with van der Waals surface area (Å²) < 4.78 is 41.8. The van der Waals surface area contributed by atoms with E-state index in [0.29, 0.717) is 0 Å². The molecule has 0 aromatic heterocycles. The number of hydrogen-bond donors (Lipinski definition) is 1. The van der Waals surface area contributed by atoms with Gasteiger partial charge >= 0.3 is 11.9 Å². The third kappa shape index (κ3) is 3.23. The van der Waals surface area contributed by atoms with E-state index in [1.165, 1.54) is 25.1 Å². The van der Waals surface area contributed by atoms with Crippen LogP contribution in [0.3, 0.4) is 0 Å². The highest BCUT2D eigenvalue weighted by Crippen LogP contribution is 2.42. The van der Waals surface area contributed by atoms with Crippen LogP contribution in [0.25, 0.3) is 0 Å². The molecule has 1 unspecified atom stereocenters. The number of rotatable bonds is 4. The van der Waals surface area contributed by atoms with Crippen LogP contribution in [0.2, 0.25) is 0 Å². The fourth-order valence-corrected chi connectivity index (χ4v) is 2.53. The molecule has 1 aromatic rings. The molecule has 8 nitrogen and oxygen atoms in total. The smallest absolute Gasteiger partial charge is 0.336 e. The highest BCUT2D eigenvalue weighted by molar-refractivity contribution is 6.00. The number of allylic oxidation sites excluding steroid dienone is 2. The second kappa shape index (κ2) is 7.16. The average molecular weight is 350 g/mol. The van der Waals surface area contributed by atoms with Crippen LogP contribution in [0.4, 0.5) is 5.69 Å². The number of nitro benzene ring substituents is 1. The van der Waals surface area contributed by atoms with Gasteiger partial charge in [-0.05, 0) is 13.8 Å². The number of nitrogens with one attached hydrogen (secondary N) is 1.